The van der Waals surface area contributed by atoms with Gasteiger partial charge in [0.25, 0.3) is 5.91 Å². The molecule has 5 amide bonds. The van der Waals surface area contributed by atoms with Crippen LogP contribution in [-0.4, -0.2) is 73.2 Å². The molecule has 1 aromatic heterocycles. The molecule has 0 saturated carbocycles. The van der Waals surface area contributed by atoms with Crippen molar-refractivity contribution in [3.63, 3.8) is 0 Å². The number of imide groups is 1. The Morgan fingerprint density at radius 2 is 1.80 bits per heavy atom. The Hall–Kier alpha value is -5.52. The zero-order chi connectivity index (χ0) is 34.8. The van der Waals surface area contributed by atoms with Crippen LogP contribution in [0, 0.1) is 17.6 Å². The van der Waals surface area contributed by atoms with E-state index in [1.54, 1.807) is 22.5 Å². The Balaban J connectivity index is 0.998. The number of urea groups is 1. The van der Waals surface area contributed by atoms with Crippen molar-refractivity contribution in [3.05, 3.63) is 48.0 Å². The average Bonchev–Trinajstić information content (AvgIpc) is 3.49. The molecule has 18 heteroatoms. The quantitative estimate of drug-likeness (QED) is 0.235. The first-order chi connectivity index (χ1) is 23.3. The Labute approximate surface area is 277 Å². The van der Waals surface area contributed by atoms with E-state index in [0.717, 1.165) is 6.07 Å². The van der Waals surface area contributed by atoms with Crippen LogP contribution in [0.5, 0.6) is 5.75 Å². The van der Waals surface area contributed by atoms with Gasteiger partial charge in [-0.3, -0.25) is 29.3 Å². The van der Waals surface area contributed by atoms with E-state index in [1.807, 2.05) is 4.90 Å². The number of phenolic OH excluding ortho intramolecular Hbond substituents is 1. The molecule has 0 aliphatic carbocycles. The molecule has 0 bridgehead atoms. The van der Waals surface area contributed by atoms with Crippen LogP contribution in [-0.2, 0) is 31.6 Å². The van der Waals surface area contributed by atoms with E-state index in [0.29, 0.717) is 52.5 Å². The van der Waals surface area contributed by atoms with Crippen molar-refractivity contribution in [3.8, 4) is 5.75 Å². The van der Waals surface area contributed by atoms with Gasteiger partial charge in [-0.1, -0.05) is 0 Å². The Morgan fingerprint density at radius 3 is 2.49 bits per heavy atom. The number of phenols is 1. The van der Waals surface area contributed by atoms with Gasteiger partial charge in [-0.25, -0.2) is 22.6 Å². The summed E-state index contributed by atoms with van der Waals surface area (Å²) in [5.41, 5.74) is 0.685. The smallest absolute Gasteiger partial charge is 0.329 e. The first kappa shape index (κ1) is 32.0. The van der Waals surface area contributed by atoms with E-state index < -0.39 is 51.8 Å². The fourth-order valence-corrected chi connectivity index (χ4v) is 7.77. The minimum atomic E-state index is -4.35. The second-order valence-corrected chi connectivity index (χ2v) is 13.8. The van der Waals surface area contributed by atoms with Crippen LogP contribution in [0.15, 0.2) is 36.4 Å². The molecule has 7 rings (SSSR count). The molecule has 0 spiro atoms. The number of rotatable bonds is 6. The third-order valence-electron chi connectivity index (χ3n) is 9.02. The van der Waals surface area contributed by atoms with Crippen molar-refractivity contribution in [2.45, 2.75) is 25.7 Å². The van der Waals surface area contributed by atoms with Gasteiger partial charge in [0, 0.05) is 56.0 Å². The van der Waals surface area contributed by atoms with Crippen molar-refractivity contribution >= 4 is 78.5 Å². The highest BCUT2D eigenvalue weighted by Crippen LogP contribution is 2.39. The summed E-state index contributed by atoms with van der Waals surface area (Å²) in [6.45, 7) is 0.449. The number of aromatic nitrogens is 2. The maximum absolute atomic E-state index is 15.5. The van der Waals surface area contributed by atoms with Gasteiger partial charge in [0.1, 0.15) is 23.8 Å². The van der Waals surface area contributed by atoms with E-state index in [1.165, 1.54) is 29.2 Å². The number of anilines is 4. The molecular formula is C31H30F2N8O7S. The first-order valence-electron chi connectivity index (χ1n) is 15.4. The molecule has 0 unspecified atom stereocenters. The van der Waals surface area contributed by atoms with Crippen LogP contribution >= 0.6 is 0 Å². The molecule has 3 saturated heterocycles. The molecule has 3 aliphatic rings. The number of nitrogens with one attached hydrogen (secondary N) is 3. The van der Waals surface area contributed by atoms with E-state index in [2.05, 4.69) is 15.7 Å². The van der Waals surface area contributed by atoms with Crippen LogP contribution in [0.25, 0.3) is 21.7 Å². The molecule has 3 aliphatic heterocycles. The SMILES string of the molecule is Cn1nc(N2CCC(=O)NC2=O)c2cc(F)c(N3CCC(CC(=O)Nc4ccc5c(F)c(N6CC(=O)NS6(=O)=O)c(O)cc5c4)CC3)cc21. The number of amides is 5. The lowest BCUT2D eigenvalue weighted by Crippen LogP contribution is -2.49. The highest BCUT2D eigenvalue weighted by atomic mass is 32.2. The molecule has 0 atom stereocenters. The van der Waals surface area contributed by atoms with Crippen molar-refractivity contribution in [1.82, 2.24) is 19.8 Å². The van der Waals surface area contributed by atoms with Gasteiger partial charge in [0.15, 0.2) is 11.6 Å². The summed E-state index contributed by atoms with van der Waals surface area (Å²) >= 11 is 0. The van der Waals surface area contributed by atoms with Crippen molar-refractivity contribution < 1.29 is 41.5 Å². The number of carbonyl (C=O) groups excluding carboxylic acids is 4. The van der Waals surface area contributed by atoms with E-state index in [4.69, 9.17) is 0 Å². The zero-order valence-corrected chi connectivity index (χ0v) is 26.8. The van der Waals surface area contributed by atoms with Crippen LogP contribution in [0.1, 0.15) is 25.7 Å². The maximum atomic E-state index is 15.5. The summed E-state index contributed by atoms with van der Waals surface area (Å²) in [6.07, 6.45) is 1.52. The van der Waals surface area contributed by atoms with E-state index in [-0.39, 0.29) is 53.7 Å². The number of nitrogens with zero attached hydrogens (tertiary/aromatic N) is 5. The summed E-state index contributed by atoms with van der Waals surface area (Å²) in [6, 6.07) is 7.83. The second-order valence-electron chi connectivity index (χ2n) is 12.2. The molecule has 3 fully saturated rings. The summed E-state index contributed by atoms with van der Waals surface area (Å²) in [7, 11) is -2.66. The number of benzene rings is 3. The number of carbonyl (C=O) groups is 4. The largest absolute Gasteiger partial charge is 0.506 e. The van der Waals surface area contributed by atoms with Crippen molar-refractivity contribution in [2.75, 3.05) is 45.6 Å². The number of hydrogen-bond acceptors (Lipinski definition) is 9. The summed E-state index contributed by atoms with van der Waals surface area (Å²) in [5, 5.41) is 20.6. The predicted octanol–water partition coefficient (Wildman–Crippen LogP) is 2.58. The normalized spacial score (nSPS) is 18.3. The predicted molar refractivity (Wildman–Crippen MR) is 174 cm³/mol. The minimum Gasteiger partial charge on any atom is -0.506 e. The fraction of sp³-hybridized carbons (Fsp3) is 0.323. The number of halogens is 2. The van der Waals surface area contributed by atoms with Crippen molar-refractivity contribution in [2.24, 2.45) is 13.0 Å². The number of hydrogen-bond donors (Lipinski definition) is 4. The van der Waals surface area contributed by atoms with E-state index >= 15 is 8.78 Å². The van der Waals surface area contributed by atoms with Gasteiger partial charge in [-0.2, -0.15) is 13.5 Å². The molecule has 4 aromatic rings. The van der Waals surface area contributed by atoms with Gasteiger partial charge in [-0.05, 0) is 60.5 Å². The highest BCUT2D eigenvalue weighted by molar-refractivity contribution is 7.92. The van der Waals surface area contributed by atoms with Crippen LogP contribution in [0.3, 0.4) is 0 Å². The molecule has 4 heterocycles. The summed E-state index contributed by atoms with van der Waals surface area (Å²) < 4.78 is 59.0. The number of piperidine rings is 1. The molecular weight excluding hydrogens is 666 g/mol. The standard InChI is InChI=1S/C31H30F2N8O7S/c1-38-22-14-23(21(32)13-20(22)30(36-38)40-9-6-25(43)35-31(40)46)39-7-4-16(5-8-39)10-26(44)34-18-2-3-19-17(11-18)12-24(42)29(28(19)33)41-15-27(45)37-49(41,47)48/h2-3,11-14,16,42H,4-10,15H2,1H3,(H,34,44)(H,37,45)(H,35,43,46). The topological polar surface area (TPSA) is 186 Å². The second kappa shape index (κ2) is 11.9. The fourth-order valence-electron chi connectivity index (χ4n) is 6.61. The monoisotopic (exact) mass is 696 g/mol. The van der Waals surface area contributed by atoms with Gasteiger partial charge < -0.3 is 15.3 Å². The number of aryl methyl sites for hydroxylation is 1. The third-order valence-corrected chi connectivity index (χ3v) is 10.4. The van der Waals surface area contributed by atoms with Crippen molar-refractivity contribution in [1.29, 1.82) is 0 Å². The third kappa shape index (κ3) is 5.81. The lowest BCUT2D eigenvalue weighted by atomic mass is 9.92. The number of aromatic hydroxyl groups is 1. The average molecular weight is 697 g/mol. The molecule has 4 N–H and O–H groups in total. The molecule has 15 nitrogen and oxygen atoms in total. The van der Waals surface area contributed by atoms with Gasteiger partial charge in [0.2, 0.25) is 11.8 Å². The Kier molecular flexibility index (Phi) is 7.76. The minimum absolute atomic E-state index is 0.00917. The lowest BCUT2D eigenvalue weighted by molar-refractivity contribution is -0.120. The first-order valence-corrected chi connectivity index (χ1v) is 16.8. The number of fused-ring (bicyclic) bond motifs is 2. The molecule has 49 heavy (non-hydrogen) atoms. The van der Waals surface area contributed by atoms with Crippen LogP contribution < -0.4 is 29.5 Å². The van der Waals surface area contributed by atoms with Gasteiger partial charge >= 0.3 is 16.2 Å². The molecule has 0 radical (unpaired) electrons. The van der Waals surface area contributed by atoms with Crippen LogP contribution in [0.4, 0.5) is 36.5 Å². The zero-order valence-electron chi connectivity index (χ0n) is 26.0. The summed E-state index contributed by atoms with van der Waals surface area (Å²) in [4.78, 5) is 51.8. The van der Waals surface area contributed by atoms with E-state index in [9.17, 15) is 32.7 Å². The Morgan fingerprint density at radius 1 is 1.04 bits per heavy atom. The van der Waals surface area contributed by atoms with Crippen LogP contribution in [0.2, 0.25) is 0 Å². The highest BCUT2D eigenvalue weighted by Gasteiger charge is 2.38. The van der Waals surface area contributed by atoms with Gasteiger partial charge in [0.05, 0.1) is 11.2 Å². The van der Waals surface area contributed by atoms with Gasteiger partial charge in [-0.15, -0.1) is 0 Å². The molecule has 3 aromatic carbocycles. The maximum Gasteiger partial charge on any atom is 0.329 e. The Bertz CT molecular complexity index is 2200. The summed E-state index contributed by atoms with van der Waals surface area (Å²) in [5.74, 6) is -3.45. The molecule has 256 valence electrons. The lowest BCUT2D eigenvalue weighted by Gasteiger charge is -2.33.